The second-order valence-electron chi connectivity index (χ2n) is 13.0. The van der Waals surface area contributed by atoms with Gasteiger partial charge in [0.15, 0.2) is 6.23 Å². The molecule has 1 saturated heterocycles. The molecule has 12 heteroatoms. The average molecular weight is 621 g/mol. The molecule has 0 aliphatic carbocycles. The van der Waals surface area contributed by atoms with Gasteiger partial charge in [0.2, 0.25) is 8.32 Å². The second kappa shape index (κ2) is 13.2. The quantitative estimate of drug-likeness (QED) is 0.118. The van der Waals surface area contributed by atoms with Crippen LogP contribution in [0.15, 0.2) is 30.6 Å². The Balaban J connectivity index is 1.51. The van der Waals surface area contributed by atoms with Crippen LogP contribution in [0, 0.1) is 0 Å². The van der Waals surface area contributed by atoms with Crippen LogP contribution in [-0.4, -0.2) is 68.5 Å². The molecule has 0 spiro atoms. The summed E-state index contributed by atoms with van der Waals surface area (Å²) in [6.45, 7) is 16.8. The zero-order valence-corrected chi connectivity index (χ0v) is 28.2. The lowest BCUT2D eigenvalue weighted by molar-refractivity contribution is -0.0365. The van der Waals surface area contributed by atoms with E-state index < -0.39 is 24.5 Å². The van der Waals surface area contributed by atoms with Gasteiger partial charge in [-0.3, -0.25) is 8.86 Å². The van der Waals surface area contributed by atoms with Crippen LogP contribution >= 0.6 is 0 Å². The van der Waals surface area contributed by atoms with E-state index in [0.29, 0.717) is 19.6 Å². The highest BCUT2D eigenvalue weighted by Gasteiger charge is 2.39. The number of rotatable bonds is 13. The molecule has 1 unspecified atom stereocenters. The fourth-order valence-electron chi connectivity index (χ4n) is 4.77. The molecule has 2 aromatic heterocycles. The highest BCUT2D eigenvalue weighted by molar-refractivity contribution is 7.86. The maximum absolute atomic E-state index is 11.3. The maximum atomic E-state index is 11.3. The zero-order valence-electron chi connectivity index (χ0n) is 26.4. The van der Waals surface area contributed by atoms with Crippen LogP contribution in [0.25, 0.3) is 22.2 Å². The predicted molar refractivity (Wildman–Crippen MR) is 168 cm³/mol. The molecule has 1 aliphatic heterocycles. The van der Waals surface area contributed by atoms with Crippen molar-refractivity contribution >= 4 is 29.3 Å². The molecule has 42 heavy (non-hydrogen) atoms. The second-order valence-corrected chi connectivity index (χ2v) is 19.3. The first kappa shape index (κ1) is 32.7. The Kier molecular flexibility index (Phi) is 10.2. The summed E-state index contributed by atoms with van der Waals surface area (Å²) in [5, 5.41) is 10.9. The molecule has 0 amide bonds. The van der Waals surface area contributed by atoms with Crippen molar-refractivity contribution in [3.8, 4) is 17.0 Å². The van der Waals surface area contributed by atoms with Crippen molar-refractivity contribution < 1.29 is 26.5 Å². The van der Waals surface area contributed by atoms with E-state index in [-0.39, 0.29) is 17.3 Å². The Morgan fingerprint density at radius 2 is 1.88 bits per heavy atom. The number of benzene rings is 1. The van der Waals surface area contributed by atoms with E-state index in [0.717, 1.165) is 66.5 Å². The summed E-state index contributed by atoms with van der Waals surface area (Å²) in [4.78, 5) is 0. The van der Waals surface area contributed by atoms with E-state index in [1.807, 2.05) is 21.8 Å². The number of hydrogen-bond donors (Lipinski definition) is 0. The van der Waals surface area contributed by atoms with Crippen LogP contribution in [0.4, 0.5) is 0 Å². The standard InChI is InChI=1S/C30H48N4O6SSi/c1-22(14-17-37-18-15-23(2)39-41(6,35)36)33-21-24(20-31-33)29-26-19-25(40-42(7,8)30(3,4)5)12-13-27(26)34(32-29)28-11-9-10-16-38-28/h12-13,19-23,28H,9-11,14-18H2,1-8H3/t22-,23+,28?/m1/s1. The first-order chi connectivity index (χ1) is 19.6. The minimum atomic E-state index is -3.46. The maximum Gasteiger partial charge on any atom is 0.264 e. The van der Waals surface area contributed by atoms with E-state index in [1.165, 1.54) is 0 Å². The van der Waals surface area contributed by atoms with Gasteiger partial charge in [0, 0.05) is 37.0 Å². The molecule has 0 bridgehead atoms. The summed E-state index contributed by atoms with van der Waals surface area (Å²) < 4.78 is 50.0. The van der Waals surface area contributed by atoms with Crippen LogP contribution in [-0.2, 0) is 23.8 Å². The number of ether oxygens (including phenoxy) is 2. The molecule has 0 radical (unpaired) electrons. The highest BCUT2D eigenvalue weighted by Crippen LogP contribution is 2.40. The van der Waals surface area contributed by atoms with Crippen LogP contribution in [0.3, 0.4) is 0 Å². The molecule has 1 aromatic carbocycles. The average Bonchev–Trinajstić information content (AvgIpc) is 3.52. The third-order valence-corrected chi connectivity index (χ3v) is 13.3. The van der Waals surface area contributed by atoms with Crippen molar-refractivity contribution in [1.29, 1.82) is 0 Å². The first-order valence-electron chi connectivity index (χ1n) is 15.0. The molecular weight excluding hydrogens is 573 g/mol. The van der Waals surface area contributed by atoms with E-state index in [1.54, 1.807) is 6.92 Å². The predicted octanol–water partition coefficient (Wildman–Crippen LogP) is 6.71. The van der Waals surface area contributed by atoms with Gasteiger partial charge in [-0.15, -0.1) is 0 Å². The minimum Gasteiger partial charge on any atom is -0.543 e. The summed E-state index contributed by atoms with van der Waals surface area (Å²) in [7, 11) is -5.47. The Bertz CT molecular complexity index is 1440. The molecule has 3 heterocycles. The third-order valence-electron chi connectivity index (χ3n) is 8.30. The lowest BCUT2D eigenvalue weighted by Gasteiger charge is -2.36. The van der Waals surface area contributed by atoms with E-state index in [4.69, 9.17) is 23.2 Å². The summed E-state index contributed by atoms with van der Waals surface area (Å²) in [5.41, 5.74) is 2.84. The van der Waals surface area contributed by atoms with Crippen molar-refractivity contribution in [3.05, 3.63) is 30.6 Å². The third kappa shape index (κ3) is 8.22. The summed E-state index contributed by atoms with van der Waals surface area (Å²) in [5.74, 6) is 0.869. The SMILES string of the molecule is C[C@H](CCOCC[C@H](C)OS(C)(=O)=O)n1cc(-c2nn(C3CCCCO3)c3ccc(O[Si](C)(C)C(C)(C)C)cc23)cn1. The molecule has 10 nitrogen and oxygen atoms in total. The van der Waals surface area contributed by atoms with Crippen molar-refractivity contribution in [2.75, 3.05) is 26.1 Å². The Morgan fingerprint density at radius 1 is 1.14 bits per heavy atom. The molecule has 1 fully saturated rings. The monoisotopic (exact) mass is 620 g/mol. The molecule has 4 rings (SSSR count). The molecule has 234 valence electrons. The van der Waals surface area contributed by atoms with Crippen molar-refractivity contribution in [1.82, 2.24) is 19.6 Å². The molecule has 0 N–H and O–H groups in total. The van der Waals surface area contributed by atoms with Gasteiger partial charge in [0.05, 0.1) is 30.1 Å². The lowest BCUT2D eigenvalue weighted by Crippen LogP contribution is -2.43. The molecule has 0 saturated carbocycles. The largest absolute Gasteiger partial charge is 0.543 e. The highest BCUT2D eigenvalue weighted by atomic mass is 32.2. The van der Waals surface area contributed by atoms with Gasteiger partial charge >= 0.3 is 0 Å². The smallest absolute Gasteiger partial charge is 0.264 e. The van der Waals surface area contributed by atoms with Gasteiger partial charge in [-0.05, 0) is 82.3 Å². The number of aromatic nitrogens is 4. The van der Waals surface area contributed by atoms with Gasteiger partial charge < -0.3 is 13.9 Å². The van der Waals surface area contributed by atoms with Gasteiger partial charge in [-0.1, -0.05) is 20.8 Å². The Labute approximate surface area is 251 Å². The van der Waals surface area contributed by atoms with Gasteiger partial charge in [-0.2, -0.15) is 18.6 Å². The molecule has 3 atom stereocenters. The zero-order chi connectivity index (χ0) is 30.7. The Morgan fingerprint density at radius 3 is 2.55 bits per heavy atom. The van der Waals surface area contributed by atoms with Gasteiger partial charge in [0.1, 0.15) is 11.4 Å². The van der Waals surface area contributed by atoms with E-state index in [2.05, 4.69) is 64.1 Å². The topological polar surface area (TPSA) is 107 Å². The minimum absolute atomic E-state index is 0.0844. The summed E-state index contributed by atoms with van der Waals surface area (Å²) >= 11 is 0. The molecular formula is C30H48N4O6SSi. The van der Waals surface area contributed by atoms with Crippen LogP contribution < -0.4 is 4.43 Å². The fraction of sp³-hybridized carbons (Fsp3) is 0.667. The van der Waals surface area contributed by atoms with Crippen LogP contribution in [0.1, 0.15) is 79.0 Å². The number of hydrogen-bond acceptors (Lipinski definition) is 8. The molecule has 1 aliphatic rings. The van der Waals surface area contributed by atoms with Crippen molar-refractivity contribution in [3.63, 3.8) is 0 Å². The first-order valence-corrected chi connectivity index (χ1v) is 19.7. The van der Waals surface area contributed by atoms with E-state index in [9.17, 15) is 8.42 Å². The van der Waals surface area contributed by atoms with Crippen LogP contribution in [0.2, 0.25) is 18.1 Å². The van der Waals surface area contributed by atoms with E-state index >= 15 is 0 Å². The van der Waals surface area contributed by atoms with Gasteiger partial charge in [-0.25, -0.2) is 4.68 Å². The van der Waals surface area contributed by atoms with Crippen molar-refractivity contribution in [2.24, 2.45) is 0 Å². The number of fused-ring (bicyclic) bond motifs is 1. The Hall–Kier alpha value is -2.25. The molecule has 3 aromatic rings. The van der Waals surface area contributed by atoms with Crippen molar-refractivity contribution in [2.45, 2.75) is 103 Å². The van der Waals surface area contributed by atoms with Crippen LogP contribution in [0.5, 0.6) is 5.75 Å². The van der Waals surface area contributed by atoms with Gasteiger partial charge in [0.25, 0.3) is 10.1 Å². The summed E-state index contributed by atoms with van der Waals surface area (Å²) in [6.07, 6.45) is 8.89. The lowest BCUT2D eigenvalue weighted by atomic mass is 10.1. The number of nitrogens with zero attached hydrogens (tertiary/aromatic N) is 4. The summed E-state index contributed by atoms with van der Waals surface area (Å²) in [6, 6.07) is 6.41. The normalized spacial score (nSPS) is 18.3. The fourth-order valence-corrected chi connectivity index (χ4v) is 6.48.